The highest BCUT2D eigenvalue weighted by Crippen LogP contribution is 2.35. The summed E-state index contributed by atoms with van der Waals surface area (Å²) in [5.41, 5.74) is 1.72. The summed E-state index contributed by atoms with van der Waals surface area (Å²) in [6.45, 7) is 1.11. The molecule has 0 saturated carbocycles. The van der Waals surface area contributed by atoms with Crippen LogP contribution in [0.1, 0.15) is 4.88 Å². The number of aromatic nitrogens is 1. The molecule has 3 heterocycles. The van der Waals surface area contributed by atoms with Crippen molar-refractivity contribution < 1.29 is 14.3 Å². The summed E-state index contributed by atoms with van der Waals surface area (Å²) < 4.78 is 11.1. The Morgan fingerprint density at radius 3 is 2.88 bits per heavy atom. The lowest BCUT2D eigenvalue weighted by Gasteiger charge is -2.18. The standard InChI is InChI=1S/C18H14N2O3S2/c21-17(6-4-13-2-1-9-24-13)20-18-19-14(11-25-18)12-3-5-15-16(10-12)23-8-7-22-15/h1-6,9-11H,7-8H2,(H,19,20,21). The molecule has 4 rings (SSSR count). The van der Waals surface area contributed by atoms with Crippen LogP contribution in [0, 0.1) is 0 Å². The van der Waals surface area contributed by atoms with Crippen LogP contribution in [0.2, 0.25) is 0 Å². The Balaban J connectivity index is 1.46. The van der Waals surface area contributed by atoms with E-state index in [-0.39, 0.29) is 5.91 Å². The fourth-order valence-electron chi connectivity index (χ4n) is 2.36. The van der Waals surface area contributed by atoms with Gasteiger partial charge in [0.15, 0.2) is 16.6 Å². The van der Waals surface area contributed by atoms with Crippen LogP contribution in [0.25, 0.3) is 17.3 Å². The predicted molar refractivity (Wildman–Crippen MR) is 101 cm³/mol. The van der Waals surface area contributed by atoms with E-state index in [1.165, 1.54) is 17.4 Å². The Morgan fingerprint density at radius 1 is 1.16 bits per heavy atom. The number of hydrogen-bond acceptors (Lipinski definition) is 6. The lowest BCUT2D eigenvalue weighted by atomic mass is 10.1. The molecule has 1 N–H and O–H groups in total. The summed E-state index contributed by atoms with van der Waals surface area (Å²) in [4.78, 5) is 17.5. The van der Waals surface area contributed by atoms with E-state index in [0.29, 0.717) is 18.3 Å². The van der Waals surface area contributed by atoms with Crippen LogP contribution in [-0.2, 0) is 4.79 Å². The number of carbonyl (C=O) groups excluding carboxylic acids is 1. The summed E-state index contributed by atoms with van der Waals surface area (Å²) in [5.74, 6) is 1.27. The number of ether oxygens (including phenoxy) is 2. The van der Waals surface area contributed by atoms with Gasteiger partial charge in [0.2, 0.25) is 5.91 Å². The topological polar surface area (TPSA) is 60.5 Å². The van der Waals surface area contributed by atoms with Crippen LogP contribution in [-0.4, -0.2) is 24.1 Å². The van der Waals surface area contributed by atoms with E-state index in [1.54, 1.807) is 17.4 Å². The van der Waals surface area contributed by atoms with Gasteiger partial charge in [-0.15, -0.1) is 22.7 Å². The maximum absolute atomic E-state index is 12.0. The van der Waals surface area contributed by atoms with Crippen molar-refractivity contribution in [3.8, 4) is 22.8 Å². The molecule has 1 amide bonds. The molecule has 0 unspecified atom stereocenters. The summed E-state index contributed by atoms with van der Waals surface area (Å²) in [6.07, 6.45) is 3.30. The largest absolute Gasteiger partial charge is 0.486 e. The average Bonchev–Trinajstić information content (AvgIpc) is 3.31. The zero-order valence-corrected chi connectivity index (χ0v) is 14.7. The first-order valence-electron chi connectivity index (χ1n) is 7.66. The number of fused-ring (bicyclic) bond motifs is 1. The maximum atomic E-state index is 12.0. The third-order valence-corrected chi connectivity index (χ3v) is 5.11. The van der Waals surface area contributed by atoms with Crippen LogP contribution >= 0.6 is 22.7 Å². The number of hydrogen-bond donors (Lipinski definition) is 1. The highest BCUT2D eigenvalue weighted by atomic mass is 32.1. The van der Waals surface area contributed by atoms with Crippen molar-refractivity contribution in [3.05, 3.63) is 52.0 Å². The summed E-state index contributed by atoms with van der Waals surface area (Å²) >= 11 is 2.97. The number of carbonyl (C=O) groups is 1. The normalized spacial score (nSPS) is 13.1. The van der Waals surface area contributed by atoms with Gasteiger partial charge < -0.3 is 9.47 Å². The molecule has 0 aliphatic carbocycles. The minimum absolute atomic E-state index is 0.198. The smallest absolute Gasteiger partial charge is 0.250 e. The lowest BCUT2D eigenvalue weighted by molar-refractivity contribution is -0.111. The van der Waals surface area contributed by atoms with Crippen molar-refractivity contribution in [1.82, 2.24) is 4.98 Å². The molecule has 0 radical (unpaired) electrons. The van der Waals surface area contributed by atoms with E-state index in [2.05, 4.69) is 10.3 Å². The zero-order chi connectivity index (χ0) is 17.1. The van der Waals surface area contributed by atoms with Gasteiger partial charge in [0, 0.05) is 21.9 Å². The Labute approximate surface area is 152 Å². The average molecular weight is 370 g/mol. The fraction of sp³-hybridized carbons (Fsp3) is 0.111. The van der Waals surface area contributed by atoms with Gasteiger partial charge in [0.1, 0.15) is 13.2 Å². The highest BCUT2D eigenvalue weighted by Gasteiger charge is 2.14. The molecular weight excluding hydrogens is 356 g/mol. The Hall–Kier alpha value is -2.64. The second-order valence-electron chi connectivity index (χ2n) is 5.23. The van der Waals surface area contributed by atoms with Crippen molar-refractivity contribution in [3.63, 3.8) is 0 Å². The second kappa shape index (κ2) is 7.08. The second-order valence-corrected chi connectivity index (χ2v) is 7.07. The van der Waals surface area contributed by atoms with Gasteiger partial charge in [0.25, 0.3) is 0 Å². The molecule has 0 fully saturated rings. The van der Waals surface area contributed by atoms with Gasteiger partial charge in [-0.25, -0.2) is 4.98 Å². The van der Waals surface area contributed by atoms with E-state index in [4.69, 9.17) is 9.47 Å². The van der Waals surface area contributed by atoms with Crippen molar-refractivity contribution in [2.45, 2.75) is 0 Å². The summed E-state index contributed by atoms with van der Waals surface area (Å²) in [5, 5.41) is 7.23. The minimum Gasteiger partial charge on any atom is -0.486 e. The number of rotatable bonds is 4. The van der Waals surface area contributed by atoms with Crippen LogP contribution in [0.3, 0.4) is 0 Å². The third-order valence-electron chi connectivity index (χ3n) is 3.51. The van der Waals surface area contributed by atoms with Gasteiger partial charge in [-0.1, -0.05) is 6.07 Å². The Kier molecular flexibility index (Phi) is 4.49. The molecule has 1 aliphatic rings. The number of anilines is 1. The number of nitrogens with one attached hydrogen (secondary N) is 1. The van der Waals surface area contributed by atoms with E-state index in [1.807, 2.05) is 41.1 Å². The molecule has 0 bridgehead atoms. The number of thiazole rings is 1. The third kappa shape index (κ3) is 3.72. The Morgan fingerprint density at radius 2 is 2.04 bits per heavy atom. The Bertz CT molecular complexity index is 916. The van der Waals surface area contributed by atoms with Crippen molar-refractivity contribution in [1.29, 1.82) is 0 Å². The first-order valence-corrected chi connectivity index (χ1v) is 9.42. The molecule has 3 aromatic rings. The fourth-order valence-corrected chi connectivity index (χ4v) is 3.70. The van der Waals surface area contributed by atoms with Gasteiger partial charge in [-0.2, -0.15) is 0 Å². The summed E-state index contributed by atoms with van der Waals surface area (Å²) in [7, 11) is 0. The molecule has 126 valence electrons. The molecule has 0 atom stereocenters. The van der Waals surface area contributed by atoms with E-state index in [0.717, 1.165) is 27.6 Å². The molecule has 0 saturated heterocycles. The first-order chi connectivity index (χ1) is 12.3. The van der Waals surface area contributed by atoms with Crippen molar-refractivity contribution in [2.75, 3.05) is 18.5 Å². The van der Waals surface area contributed by atoms with Crippen LogP contribution in [0.5, 0.6) is 11.5 Å². The van der Waals surface area contributed by atoms with Crippen LogP contribution in [0.15, 0.2) is 47.2 Å². The highest BCUT2D eigenvalue weighted by molar-refractivity contribution is 7.14. The van der Waals surface area contributed by atoms with Gasteiger partial charge in [-0.3, -0.25) is 10.1 Å². The maximum Gasteiger partial charge on any atom is 0.250 e. The minimum atomic E-state index is -0.198. The molecule has 5 nitrogen and oxygen atoms in total. The molecule has 1 aliphatic heterocycles. The van der Waals surface area contributed by atoms with E-state index < -0.39 is 0 Å². The van der Waals surface area contributed by atoms with Gasteiger partial charge in [0.05, 0.1) is 5.69 Å². The molecular formula is C18H14N2O3S2. The van der Waals surface area contributed by atoms with E-state index in [9.17, 15) is 4.79 Å². The van der Waals surface area contributed by atoms with Gasteiger partial charge >= 0.3 is 0 Å². The molecule has 25 heavy (non-hydrogen) atoms. The quantitative estimate of drug-likeness (QED) is 0.696. The van der Waals surface area contributed by atoms with E-state index >= 15 is 0 Å². The first kappa shape index (κ1) is 15.9. The zero-order valence-electron chi connectivity index (χ0n) is 13.1. The molecule has 2 aromatic heterocycles. The SMILES string of the molecule is O=C(C=Cc1cccs1)Nc1nc(-c2ccc3c(c2)OCCO3)cs1. The molecule has 0 spiro atoms. The van der Waals surface area contributed by atoms with Crippen molar-refractivity contribution in [2.24, 2.45) is 0 Å². The van der Waals surface area contributed by atoms with Crippen molar-refractivity contribution >= 4 is 39.8 Å². The van der Waals surface area contributed by atoms with Crippen LogP contribution < -0.4 is 14.8 Å². The number of benzene rings is 1. The monoisotopic (exact) mass is 370 g/mol. The van der Waals surface area contributed by atoms with Crippen LogP contribution in [0.4, 0.5) is 5.13 Å². The molecule has 7 heteroatoms. The number of thiophene rings is 1. The number of amides is 1. The van der Waals surface area contributed by atoms with Gasteiger partial charge in [-0.05, 0) is 35.7 Å². The molecule has 1 aromatic carbocycles. The predicted octanol–water partition coefficient (Wildman–Crippen LogP) is 4.29. The summed E-state index contributed by atoms with van der Waals surface area (Å²) in [6, 6.07) is 9.63. The lowest BCUT2D eigenvalue weighted by Crippen LogP contribution is -2.15. The number of nitrogens with zero attached hydrogens (tertiary/aromatic N) is 1.